The van der Waals surface area contributed by atoms with E-state index in [0.717, 1.165) is 6.54 Å². The maximum atomic E-state index is 8.76. The van der Waals surface area contributed by atoms with Crippen molar-refractivity contribution in [2.45, 2.75) is 13.5 Å². The Morgan fingerprint density at radius 2 is 2.06 bits per heavy atom. The first-order valence-corrected chi connectivity index (χ1v) is 5.60. The average Bonchev–Trinajstić information content (AvgIpc) is 2.55. The standard InChI is InChI=1S/C13H18N2O/c1-10-12(9-14-7-8-16)11-5-3-4-6-13(11)15(10)2/h3-6,14,16H,7-9H2,1-2H3. The lowest BCUT2D eigenvalue weighted by atomic mass is 10.1. The molecule has 3 nitrogen and oxygen atoms in total. The molecule has 0 saturated heterocycles. The van der Waals surface area contributed by atoms with Crippen LogP contribution in [0.15, 0.2) is 24.3 Å². The number of aryl methyl sites for hydroxylation is 1. The molecule has 1 heterocycles. The zero-order valence-electron chi connectivity index (χ0n) is 9.83. The van der Waals surface area contributed by atoms with Crippen LogP contribution in [0.4, 0.5) is 0 Å². The molecule has 16 heavy (non-hydrogen) atoms. The van der Waals surface area contributed by atoms with Crippen molar-refractivity contribution in [2.24, 2.45) is 7.05 Å². The van der Waals surface area contributed by atoms with Crippen LogP contribution in [0.2, 0.25) is 0 Å². The van der Waals surface area contributed by atoms with Crippen LogP contribution in [0.3, 0.4) is 0 Å². The second kappa shape index (κ2) is 4.68. The summed E-state index contributed by atoms with van der Waals surface area (Å²) >= 11 is 0. The minimum absolute atomic E-state index is 0.184. The largest absolute Gasteiger partial charge is 0.395 e. The van der Waals surface area contributed by atoms with E-state index in [1.54, 1.807) is 0 Å². The minimum Gasteiger partial charge on any atom is -0.395 e. The Morgan fingerprint density at radius 3 is 2.81 bits per heavy atom. The molecule has 0 radical (unpaired) electrons. The highest BCUT2D eigenvalue weighted by Crippen LogP contribution is 2.24. The van der Waals surface area contributed by atoms with Crippen molar-refractivity contribution in [3.63, 3.8) is 0 Å². The van der Waals surface area contributed by atoms with Crippen molar-refractivity contribution in [1.29, 1.82) is 0 Å². The van der Waals surface area contributed by atoms with Gasteiger partial charge < -0.3 is 15.0 Å². The van der Waals surface area contributed by atoms with Crippen LogP contribution in [0.5, 0.6) is 0 Å². The number of hydrogen-bond acceptors (Lipinski definition) is 2. The molecule has 0 atom stereocenters. The monoisotopic (exact) mass is 218 g/mol. The molecule has 0 unspecified atom stereocenters. The summed E-state index contributed by atoms with van der Waals surface area (Å²) in [6.07, 6.45) is 0. The van der Waals surface area contributed by atoms with Gasteiger partial charge in [-0.1, -0.05) is 18.2 Å². The van der Waals surface area contributed by atoms with E-state index in [0.29, 0.717) is 6.54 Å². The van der Waals surface area contributed by atoms with Crippen molar-refractivity contribution in [3.8, 4) is 0 Å². The quantitative estimate of drug-likeness (QED) is 0.764. The molecule has 0 fully saturated rings. The minimum atomic E-state index is 0.184. The van der Waals surface area contributed by atoms with Crippen molar-refractivity contribution < 1.29 is 5.11 Å². The predicted molar refractivity (Wildman–Crippen MR) is 66.4 cm³/mol. The zero-order chi connectivity index (χ0) is 11.5. The molecule has 0 bridgehead atoms. The SMILES string of the molecule is Cc1c(CNCCO)c2ccccc2n1C. The number of benzene rings is 1. The predicted octanol–water partition coefficient (Wildman–Crippen LogP) is 1.57. The normalized spacial score (nSPS) is 11.2. The van der Waals surface area contributed by atoms with Gasteiger partial charge in [0.1, 0.15) is 0 Å². The lowest BCUT2D eigenvalue weighted by Gasteiger charge is -2.03. The lowest BCUT2D eigenvalue weighted by Crippen LogP contribution is -2.17. The lowest BCUT2D eigenvalue weighted by molar-refractivity contribution is 0.292. The summed E-state index contributed by atoms with van der Waals surface area (Å²) in [5.41, 5.74) is 3.87. The average molecular weight is 218 g/mol. The third-order valence-corrected chi connectivity index (χ3v) is 3.12. The first kappa shape index (κ1) is 11.2. The van der Waals surface area contributed by atoms with Gasteiger partial charge in [0.25, 0.3) is 0 Å². The molecule has 0 spiro atoms. The summed E-state index contributed by atoms with van der Waals surface area (Å²) < 4.78 is 2.21. The number of fused-ring (bicyclic) bond motifs is 1. The van der Waals surface area contributed by atoms with Gasteiger partial charge in [0.05, 0.1) is 6.61 Å². The van der Waals surface area contributed by atoms with Crippen molar-refractivity contribution in [3.05, 3.63) is 35.5 Å². The number of nitrogens with one attached hydrogen (secondary N) is 1. The molecule has 0 saturated carbocycles. The highest BCUT2D eigenvalue weighted by Gasteiger charge is 2.10. The summed E-state index contributed by atoms with van der Waals surface area (Å²) in [6.45, 7) is 3.77. The van der Waals surface area contributed by atoms with E-state index in [4.69, 9.17) is 5.11 Å². The van der Waals surface area contributed by atoms with Gasteiger partial charge in [-0.3, -0.25) is 0 Å². The van der Waals surface area contributed by atoms with Gasteiger partial charge in [-0.15, -0.1) is 0 Å². The molecular weight excluding hydrogens is 200 g/mol. The summed E-state index contributed by atoms with van der Waals surface area (Å²) in [4.78, 5) is 0. The first-order valence-electron chi connectivity index (χ1n) is 5.60. The van der Waals surface area contributed by atoms with E-state index in [2.05, 4.69) is 48.1 Å². The molecule has 2 rings (SSSR count). The van der Waals surface area contributed by atoms with Gasteiger partial charge in [-0.25, -0.2) is 0 Å². The Balaban J connectivity index is 2.39. The summed E-state index contributed by atoms with van der Waals surface area (Å²) in [6, 6.07) is 8.42. The number of aliphatic hydroxyl groups excluding tert-OH is 1. The molecule has 1 aromatic heterocycles. The third kappa shape index (κ3) is 1.84. The molecule has 86 valence electrons. The Hall–Kier alpha value is -1.32. The molecule has 2 N–H and O–H groups in total. The number of para-hydroxylation sites is 1. The molecule has 2 aromatic rings. The van der Waals surface area contributed by atoms with Crippen LogP contribution in [0.25, 0.3) is 10.9 Å². The fourth-order valence-electron chi connectivity index (χ4n) is 2.11. The molecule has 3 heteroatoms. The third-order valence-electron chi connectivity index (χ3n) is 3.12. The highest BCUT2D eigenvalue weighted by atomic mass is 16.3. The van der Waals surface area contributed by atoms with Gasteiger partial charge in [0.15, 0.2) is 0 Å². The number of rotatable bonds is 4. The fourth-order valence-corrected chi connectivity index (χ4v) is 2.11. The number of nitrogens with zero attached hydrogens (tertiary/aromatic N) is 1. The van der Waals surface area contributed by atoms with Crippen molar-refractivity contribution in [1.82, 2.24) is 9.88 Å². The van der Waals surface area contributed by atoms with E-state index in [1.165, 1.54) is 22.2 Å². The van der Waals surface area contributed by atoms with Gasteiger partial charge in [0.2, 0.25) is 0 Å². The molecule has 1 aromatic carbocycles. The van der Waals surface area contributed by atoms with Crippen LogP contribution >= 0.6 is 0 Å². The van der Waals surface area contributed by atoms with Gasteiger partial charge in [0, 0.05) is 36.7 Å². The van der Waals surface area contributed by atoms with Crippen molar-refractivity contribution in [2.75, 3.05) is 13.2 Å². The fraction of sp³-hybridized carbons (Fsp3) is 0.385. The van der Waals surface area contributed by atoms with E-state index in [1.807, 2.05) is 0 Å². The topological polar surface area (TPSA) is 37.2 Å². The highest BCUT2D eigenvalue weighted by molar-refractivity contribution is 5.85. The Kier molecular flexibility index (Phi) is 3.27. The molecular formula is C13H18N2O. The van der Waals surface area contributed by atoms with Crippen LogP contribution in [-0.4, -0.2) is 22.8 Å². The van der Waals surface area contributed by atoms with E-state index in [-0.39, 0.29) is 6.61 Å². The maximum Gasteiger partial charge on any atom is 0.0556 e. The summed E-state index contributed by atoms with van der Waals surface area (Å²) in [7, 11) is 2.09. The molecule has 0 aliphatic heterocycles. The second-order valence-corrected chi connectivity index (χ2v) is 4.04. The Bertz CT molecular complexity index is 488. The van der Waals surface area contributed by atoms with Crippen LogP contribution in [-0.2, 0) is 13.6 Å². The van der Waals surface area contributed by atoms with E-state index < -0.39 is 0 Å². The zero-order valence-corrected chi connectivity index (χ0v) is 9.83. The van der Waals surface area contributed by atoms with Crippen LogP contribution in [0.1, 0.15) is 11.3 Å². The van der Waals surface area contributed by atoms with Gasteiger partial charge in [-0.05, 0) is 18.6 Å². The van der Waals surface area contributed by atoms with Gasteiger partial charge in [-0.2, -0.15) is 0 Å². The van der Waals surface area contributed by atoms with E-state index in [9.17, 15) is 0 Å². The Morgan fingerprint density at radius 1 is 1.31 bits per heavy atom. The van der Waals surface area contributed by atoms with Crippen molar-refractivity contribution >= 4 is 10.9 Å². The second-order valence-electron chi connectivity index (χ2n) is 4.04. The van der Waals surface area contributed by atoms with E-state index >= 15 is 0 Å². The van der Waals surface area contributed by atoms with Crippen LogP contribution < -0.4 is 5.32 Å². The summed E-state index contributed by atoms with van der Waals surface area (Å²) in [5.74, 6) is 0. The first-order chi connectivity index (χ1) is 7.75. The summed E-state index contributed by atoms with van der Waals surface area (Å²) in [5, 5.41) is 13.3. The number of aliphatic hydroxyl groups is 1. The number of aromatic nitrogens is 1. The van der Waals surface area contributed by atoms with Gasteiger partial charge >= 0.3 is 0 Å². The molecule has 0 amide bonds. The Labute approximate surface area is 95.7 Å². The maximum absolute atomic E-state index is 8.76. The molecule has 0 aliphatic rings. The smallest absolute Gasteiger partial charge is 0.0556 e. The van der Waals surface area contributed by atoms with Crippen LogP contribution in [0, 0.1) is 6.92 Å². The number of hydrogen-bond donors (Lipinski definition) is 2. The molecule has 0 aliphatic carbocycles.